The largest absolute Gasteiger partial charge is 0.507 e. The zero-order valence-electron chi connectivity index (χ0n) is 25.0. The van der Waals surface area contributed by atoms with Crippen LogP contribution in [0.25, 0.3) is 22.3 Å². The molecule has 2 fully saturated rings. The molecule has 2 aliphatic rings. The maximum absolute atomic E-state index is 11.8. The highest BCUT2D eigenvalue weighted by Gasteiger charge is 2.47. The van der Waals surface area contributed by atoms with Gasteiger partial charge in [0.05, 0.1) is 18.2 Å². The van der Waals surface area contributed by atoms with Crippen LogP contribution < -0.4 is 9.47 Å². The number of esters is 1. The minimum absolute atomic E-state index is 0.0263. The Morgan fingerprint density at radius 3 is 1.96 bits per heavy atom. The van der Waals surface area contributed by atoms with Crippen LogP contribution in [0.4, 0.5) is 0 Å². The second-order valence-corrected chi connectivity index (χ2v) is 11.2. The van der Waals surface area contributed by atoms with Gasteiger partial charge in [0, 0.05) is 18.2 Å². The number of aliphatic hydroxyl groups excluding tert-OH is 7. The van der Waals surface area contributed by atoms with Gasteiger partial charge in [-0.2, -0.15) is 0 Å². The summed E-state index contributed by atoms with van der Waals surface area (Å²) in [5.41, 5.74) is -0.0738. The summed E-state index contributed by atoms with van der Waals surface area (Å²) in [6.07, 6.45) is -18.5. The monoisotopic (exact) mass is 697 g/mol. The fourth-order valence-corrected chi connectivity index (χ4v) is 5.14. The number of carboxylic acids is 1. The fourth-order valence-electron chi connectivity index (χ4n) is 5.14. The van der Waals surface area contributed by atoms with Crippen molar-refractivity contribution < 1.29 is 93.9 Å². The lowest BCUT2D eigenvalue weighted by molar-refractivity contribution is -0.278. The van der Waals surface area contributed by atoms with Gasteiger partial charge >= 0.3 is 23.3 Å². The summed E-state index contributed by atoms with van der Waals surface area (Å²) in [4.78, 5) is 22.6. The Bertz CT molecular complexity index is 1680. The molecule has 19 nitrogen and oxygen atoms in total. The number of rotatable bonds is 10. The van der Waals surface area contributed by atoms with Crippen molar-refractivity contribution in [1.29, 1.82) is 0 Å². The number of hydrogen-bond acceptors (Lipinski definition) is 17. The van der Waals surface area contributed by atoms with E-state index in [1.54, 1.807) is 0 Å². The van der Waals surface area contributed by atoms with Gasteiger partial charge in [0.25, 0.3) is 0 Å². The smallest absolute Gasteiger partial charge is 0.402 e. The number of aliphatic hydroxyl groups is 7. The number of hydrogen-bond donors (Lipinski definition) is 11. The zero-order chi connectivity index (χ0) is 35.7. The summed E-state index contributed by atoms with van der Waals surface area (Å²) in [6, 6.07) is 6.88. The van der Waals surface area contributed by atoms with E-state index in [4.69, 9.17) is 33.2 Å². The van der Waals surface area contributed by atoms with Crippen LogP contribution >= 0.6 is 0 Å². The first kappa shape index (κ1) is 35.7. The molecule has 49 heavy (non-hydrogen) atoms. The summed E-state index contributed by atoms with van der Waals surface area (Å²) in [7, 11) is 0. The number of phenols is 3. The van der Waals surface area contributed by atoms with Crippen LogP contribution in [0.15, 0.2) is 40.8 Å². The fraction of sp³-hybridized carbons (Fsp3) is 0.433. The molecule has 3 heterocycles. The van der Waals surface area contributed by atoms with Crippen LogP contribution in [-0.4, -0.2) is 143 Å². The SMILES string of the molecule is O=C(O)CC(=O)OCC1O[C@@H](Oc2cc3c(O[C@@H]4OC(CO)[C@@H](O)[C@H](O)C4O)cc(O)cc3[o+]c2-c2ccc(O)c(O)c2)C(O)C(O)[C@@H]1O. The molecule has 2 aromatic carbocycles. The maximum Gasteiger partial charge on any atom is 0.402 e. The summed E-state index contributed by atoms with van der Waals surface area (Å²) in [5, 5.41) is 111. The minimum atomic E-state index is -1.96. The molecular formula is C30H33O19+. The molecular weight excluding hydrogens is 664 g/mol. The lowest BCUT2D eigenvalue weighted by Crippen LogP contribution is -2.60. The number of aromatic hydroxyl groups is 3. The van der Waals surface area contributed by atoms with Crippen molar-refractivity contribution in [2.75, 3.05) is 13.2 Å². The molecule has 0 amide bonds. The highest BCUT2D eigenvalue weighted by molar-refractivity contribution is 5.90. The molecule has 2 saturated heterocycles. The third-order valence-corrected chi connectivity index (χ3v) is 7.75. The van der Waals surface area contributed by atoms with Crippen LogP contribution in [0.3, 0.4) is 0 Å². The van der Waals surface area contributed by atoms with Crippen LogP contribution in [0.5, 0.6) is 28.7 Å². The number of aliphatic carboxylic acids is 1. The Morgan fingerprint density at radius 1 is 0.735 bits per heavy atom. The third kappa shape index (κ3) is 7.54. The maximum atomic E-state index is 11.8. The van der Waals surface area contributed by atoms with E-state index in [1.807, 2.05) is 0 Å². The Hall–Kier alpha value is -4.57. The van der Waals surface area contributed by atoms with Crippen molar-refractivity contribution in [3.8, 4) is 40.1 Å². The number of carbonyl (C=O) groups excluding carboxylic acids is 1. The van der Waals surface area contributed by atoms with E-state index >= 15 is 0 Å². The molecule has 1 aromatic heterocycles. The molecule has 0 aliphatic carbocycles. The number of ether oxygens (including phenoxy) is 5. The predicted octanol–water partition coefficient (Wildman–Crippen LogP) is -2.12. The first-order valence-corrected chi connectivity index (χ1v) is 14.6. The molecule has 11 N–H and O–H groups in total. The summed E-state index contributed by atoms with van der Waals surface area (Å²) in [5.74, 6) is -5.00. The average Bonchev–Trinajstić information content (AvgIpc) is 3.05. The van der Waals surface area contributed by atoms with Crippen molar-refractivity contribution in [1.82, 2.24) is 0 Å². The van der Waals surface area contributed by atoms with E-state index < -0.39 is 110 Å². The first-order chi connectivity index (χ1) is 23.2. The lowest BCUT2D eigenvalue weighted by atomic mass is 9.99. The Morgan fingerprint density at radius 2 is 1.35 bits per heavy atom. The first-order valence-electron chi connectivity index (χ1n) is 14.6. The number of phenolic OH excluding ortho intramolecular Hbond substituents is 3. The normalized spacial score (nSPS) is 30.1. The van der Waals surface area contributed by atoms with Crippen LogP contribution in [0.1, 0.15) is 6.42 Å². The van der Waals surface area contributed by atoms with Crippen molar-refractivity contribution in [3.63, 3.8) is 0 Å². The molecule has 3 aromatic rings. The van der Waals surface area contributed by atoms with Gasteiger partial charge in [-0.3, -0.25) is 9.59 Å². The van der Waals surface area contributed by atoms with E-state index in [-0.39, 0.29) is 33.8 Å². The molecule has 19 heteroatoms. The molecule has 0 bridgehead atoms. The second kappa shape index (κ2) is 14.5. The van der Waals surface area contributed by atoms with E-state index in [1.165, 1.54) is 12.1 Å². The predicted molar refractivity (Wildman–Crippen MR) is 156 cm³/mol. The van der Waals surface area contributed by atoms with Crippen molar-refractivity contribution >= 4 is 22.9 Å². The molecule has 5 rings (SSSR count). The molecule has 5 unspecified atom stereocenters. The zero-order valence-corrected chi connectivity index (χ0v) is 25.0. The van der Waals surface area contributed by atoms with Crippen molar-refractivity contribution in [2.45, 2.75) is 67.8 Å². The Kier molecular flexibility index (Phi) is 10.6. The lowest BCUT2D eigenvalue weighted by Gasteiger charge is -2.39. The van der Waals surface area contributed by atoms with Gasteiger partial charge < -0.3 is 79.9 Å². The molecule has 0 spiro atoms. The van der Waals surface area contributed by atoms with Gasteiger partial charge in [0.1, 0.15) is 78.7 Å². The van der Waals surface area contributed by atoms with Gasteiger partial charge in [-0.05, 0) is 12.1 Å². The van der Waals surface area contributed by atoms with E-state index in [0.717, 1.165) is 24.3 Å². The van der Waals surface area contributed by atoms with E-state index in [0.29, 0.717) is 0 Å². The Balaban J connectivity index is 1.55. The number of fused-ring (bicyclic) bond motifs is 1. The molecule has 266 valence electrons. The number of carboxylic acid groups (broad SMARTS) is 1. The number of carbonyl (C=O) groups is 2. The minimum Gasteiger partial charge on any atom is -0.507 e. The quantitative estimate of drug-likeness (QED) is 0.0467. The summed E-state index contributed by atoms with van der Waals surface area (Å²) < 4.78 is 33.4. The van der Waals surface area contributed by atoms with Gasteiger partial charge in [-0.25, -0.2) is 4.42 Å². The van der Waals surface area contributed by atoms with Crippen molar-refractivity contribution in [3.05, 3.63) is 36.4 Å². The van der Waals surface area contributed by atoms with Crippen LogP contribution in [-0.2, 0) is 23.8 Å². The van der Waals surface area contributed by atoms with Crippen molar-refractivity contribution in [2.24, 2.45) is 0 Å². The average molecular weight is 698 g/mol. The van der Waals surface area contributed by atoms with Gasteiger partial charge in [0.2, 0.25) is 18.3 Å². The van der Waals surface area contributed by atoms with Gasteiger partial charge in [0.15, 0.2) is 11.5 Å². The summed E-state index contributed by atoms with van der Waals surface area (Å²) in [6.45, 7) is -1.51. The van der Waals surface area contributed by atoms with E-state index in [2.05, 4.69) is 0 Å². The van der Waals surface area contributed by atoms with Crippen LogP contribution in [0, 0.1) is 0 Å². The molecule has 0 radical (unpaired) electrons. The van der Waals surface area contributed by atoms with Crippen LogP contribution in [0.2, 0.25) is 0 Å². The molecule has 2 aliphatic heterocycles. The molecule has 0 saturated carbocycles. The van der Waals surface area contributed by atoms with E-state index in [9.17, 15) is 60.7 Å². The van der Waals surface area contributed by atoms with Gasteiger partial charge in [-0.15, -0.1) is 0 Å². The highest BCUT2D eigenvalue weighted by Crippen LogP contribution is 2.43. The highest BCUT2D eigenvalue weighted by atomic mass is 16.7. The Labute approximate surface area is 274 Å². The third-order valence-electron chi connectivity index (χ3n) is 7.75. The standard InChI is InChI=1S/C30H32O19/c31-8-18-22(38)24(40)26(42)29(48-18)46-16-5-11(32)4-15-12(16)6-17(28(45-15)10-1-2-13(33)14(34)3-10)47-30-27(43)25(41)23(39)19(49-30)9-44-21(37)7-20(35)36/h1-6,18-19,22-27,29-31,38-43H,7-9H2,(H3-,32,33,34,35,36)/p+1/t18?,19?,22-,23-,24+,25?,26?,27?,29-,30-/m1/s1. The molecule has 10 atom stereocenters. The summed E-state index contributed by atoms with van der Waals surface area (Å²) >= 11 is 0. The second-order valence-electron chi connectivity index (χ2n) is 11.2. The van der Waals surface area contributed by atoms with Gasteiger partial charge in [-0.1, -0.05) is 0 Å². The number of benzene rings is 2. The topological polar surface area (TPSA) is 314 Å².